The van der Waals surface area contributed by atoms with E-state index in [4.69, 9.17) is 15.5 Å². The Labute approximate surface area is 264 Å². The number of nitrogens with zero attached hydrogens (tertiary/aromatic N) is 3. The van der Waals surface area contributed by atoms with Crippen molar-refractivity contribution >= 4 is 23.4 Å². The molecule has 0 aliphatic carbocycles. The van der Waals surface area contributed by atoms with E-state index in [1.807, 2.05) is 20.8 Å². The van der Waals surface area contributed by atoms with E-state index < -0.39 is 23.2 Å². The number of hydrogen-bond acceptors (Lipinski definition) is 6. The van der Waals surface area contributed by atoms with E-state index in [1.54, 1.807) is 37.3 Å². The fraction of sp³-hybridized carbons (Fsp3) is 0.286. The van der Waals surface area contributed by atoms with Crippen molar-refractivity contribution in [3.05, 3.63) is 106 Å². The Morgan fingerprint density at radius 1 is 1.11 bits per heavy atom. The number of primary amides is 1. The topological polar surface area (TPSA) is 128 Å². The van der Waals surface area contributed by atoms with E-state index in [1.165, 1.54) is 23.1 Å². The fourth-order valence-electron chi connectivity index (χ4n) is 6.26. The summed E-state index contributed by atoms with van der Waals surface area (Å²) in [7, 11) is 0. The first-order valence-electron chi connectivity index (χ1n) is 15.0. The van der Waals surface area contributed by atoms with Gasteiger partial charge in [0, 0.05) is 12.0 Å². The first-order valence-corrected chi connectivity index (χ1v) is 15.0. The van der Waals surface area contributed by atoms with Crippen LogP contribution in [0.15, 0.2) is 54.7 Å². The molecule has 2 aliphatic rings. The summed E-state index contributed by atoms with van der Waals surface area (Å²) in [6.07, 6.45) is 1.84. The van der Waals surface area contributed by atoms with Crippen molar-refractivity contribution in [3.63, 3.8) is 0 Å². The number of benzene rings is 2. The molecule has 0 fully saturated rings. The van der Waals surface area contributed by atoms with E-state index in [0.717, 1.165) is 11.8 Å². The third kappa shape index (κ3) is 5.57. The highest BCUT2D eigenvalue weighted by Gasteiger charge is 2.44. The van der Waals surface area contributed by atoms with Gasteiger partial charge in [-0.1, -0.05) is 32.0 Å². The summed E-state index contributed by atoms with van der Waals surface area (Å²) in [4.78, 5) is 50.3. The zero-order valence-corrected chi connectivity index (χ0v) is 25.9. The smallest absolute Gasteiger partial charge is 0.265 e. The molecule has 0 unspecified atom stereocenters. The van der Waals surface area contributed by atoms with Crippen LogP contribution in [0, 0.1) is 24.5 Å². The number of pyridine rings is 2. The first kappa shape index (κ1) is 30.8. The molecule has 11 heteroatoms. The van der Waals surface area contributed by atoms with Crippen molar-refractivity contribution in [3.8, 4) is 16.9 Å². The molecule has 0 radical (unpaired) electrons. The number of hydrogen-bond donors (Lipinski definition) is 2. The molecule has 0 spiro atoms. The SMILES string of the molecule is Cc1cc(C[C@]2(C)NC(=O)c3c2nc(CC(C)C)c(C(N)=O)c3-c2ccc3c(c2)OCC(=O)N3Cc2ccc(F)cn2)ccc1F. The van der Waals surface area contributed by atoms with E-state index in [2.05, 4.69) is 10.3 Å². The number of aromatic nitrogens is 2. The van der Waals surface area contributed by atoms with Crippen LogP contribution in [-0.4, -0.2) is 34.3 Å². The minimum absolute atomic E-state index is 0.0914. The first-order chi connectivity index (χ1) is 21.8. The third-order valence-electron chi connectivity index (χ3n) is 8.34. The number of anilines is 1. The Kier molecular flexibility index (Phi) is 7.79. The lowest BCUT2D eigenvalue weighted by atomic mass is 9.84. The molecule has 3 amide bonds. The Morgan fingerprint density at radius 3 is 2.57 bits per heavy atom. The molecule has 0 bridgehead atoms. The molecular weight excluding hydrogens is 592 g/mol. The van der Waals surface area contributed by atoms with Crippen molar-refractivity contribution in [1.82, 2.24) is 15.3 Å². The number of amides is 3. The number of carbonyl (C=O) groups is 3. The largest absolute Gasteiger partial charge is 0.482 e. The van der Waals surface area contributed by atoms with Crippen LogP contribution in [0.3, 0.4) is 0 Å². The molecule has 9 nitrogen and oxygen atoms in total. The van der Waals surface area contributed by atoms with E-state index in [9.17, 15) is 23.2 Å². The van der Waals surface area contributed by atoms with Gasteiger partial charge in [0.05, 0.1) is 52.2 Å². The summed E-state index contributed by atoms with van der Waals surface area (Å²) in [5.74, 6) is -1.79. The van der Waals surface area contributed by atoms with Gasteiger partial charge in [0.15, 0.2) is 6.61 Å². The average molecular weight is 626 g/mol. The predicted octanol–water partition coefficient (Wildman–Crippen LogP) is 5.15. The lowest BCUT2D eigenvalue weighted by molar-refractivity contribution is -0.121. The molecular formula is C35H33F2N5O4. The Balaban J connectivity index is 1.50. The van der Waals surface area contributed by atoms with E-state index >= 15 is 0 Å². The molecule has 6 rings (SSSR count). The number of fused-ring (bicyclic) bond motifs is 2. The van der Waals surface area contributed by atoms with Gasteiger partial charge in [-0.05, 0) is 73.2 Å². The zero-order valence-electron chi connectivity index (χ0n) is 25.9. The van der Waals surface area contributed by atoms with Gasteiger partial charge in [0.1, 0.15) is 17.4 Å². The van der Waals surface area contributed by atoms with Crippen LogP contribution in [-0.2, 0) is 29.7 Å². The molecule has 4 aromatic rings. The second-order valence-corrected chi connectivity index (χ2v) is 12.5. The van der Waals surface area contributed by atoms with Crippen LogP contribution in [0.2, 0.25) is 0 Å². The van der Waals surface area contributed by atoms with Crippen LogP contribution >= 0.6 is 0 Å². The van der Waals surface area contributed by atoms with Gasteiger partial charge in [-0.2, -0.15) is 0 Å². The summed E-state index contributed by atoms with van der Waals surface area (Å²) >= 11 is 0. The van der Waals surface area contributed by atoms with Crippen molar-refractivity contribution in [2.75, 3.05) is 11.5 Å². The van der Waals surface area contributed by atoms with E-state index in [0.29, 0.717) is 58.1 Å². The summed E-state index contributed by atoms with van der Waals surface area (Å²) in [6.45, 7) is 7.38. The number of nitrogens with two attached hydrogens (primary N) is 1. The van der Waals surface area contributed by atoms with Crippen LogP contribution in [0.25, 0.3) is 11.1 Å². The molecule has 3 N–H and O–H groups in total. The van der Waals surface area contributed by atoms with Crippen LogP contribution in [0.5, 0.6) is 5.75 Å². The molecule has 2 aromatic carbocycles. The molecule has 236 valence electrons. The van der Waals surface area contributed by atoms with Gasteiger partial charge in [-0.3, -0.25) is 29.3 Å². The van der Waals surface area contributed by atoms with Crippen LogP contribution < -0.4 is 20.7 Å². The number of nitrogens with one attached hydrogen (secondary N) is 1. The highest BCUT2D eigenvalue weighted by Crippen LogP contribution is 2.44. The quantitative estimate of drug-likeness (QED) is 0.279. The maximum absolute atomic E-state index is 14.1. The number of aryl methyl sites for hydroxylation is 1. The molecule has 1 atom stereocenters. The second-order valence-electron chi connectivity index (χ2n) is 12.5. The van der Waals surface area contributed by atoms with Gasteiger partial charge < -0.3 is 15.8 Å². The standard InChI is InChI=1S/C35H33F2N5O4/c1-18(2)11-25-30(33(38)44)29(31-32(40-25)35(4,41-34(31)45)14-20-5-9-24(37)19(3)12-20)21-6-10-26-27(13-21)46-17-28(43)42(26)16-23-8-7-22(36)15-39-23/h5-10,12-13,15,18H,11,14,16-17H2,1-4H3,(H2,38,44)(H,41,45)/t35-/m0/s1. The second kappa shape index (κ2) is 11.6. The molecule has 2 aliphatic heterocycles. The van der Waals surface area contributed by atoms with Crippen molar-refractivity contribution in [1.29, 1.82) is 0 Å². The Hall–Kier alpha value is -5.19. The van der Waals surface area contributed by atoms with Gasteiger partial charge >= 0.3 is 0 Å². The summed E-state index contributed by atoms with van der Waals surface area (Å²) in [5.41, 5.74) is 9.39. The van der Waals surface area contributed by atoms with Crippen LogP contribution in [0.4, 0.5) is 14.5 Å². The highest BCUT2D eigenvalue weighted by atomic mass is 19.1. The maximum atomic E-state index is 14.1. The highest BCUT2D eigenvalue weighted by molar-refractivity contribution is 6.12. The van der Waals surface area contributed by atoms with Gasteiger partial charge in [-0.15, -0.1) is 0 Å². The lowest BCUT2D eigenvalue weighted by Gasteiger charge is -2.30. The molecule has 0 saturated carbocycles. The predicted molar refractivity (Wildman–Crippen MR) is 167 cm³/mol. The Bertz CT molecular complexity index is 1910. The lowest BCUT2D eigenvalue weighted by Crippen LogP contribution is -2.39. The number of ether oxygens (including phenoxy) is 1. The normalized spacial score (nSPS) is 17.1. The summed E-state index contributed by atoms with van der Waals surface area (Å²) < 4.78 is 33.3. The third-order valence-corrected chi connectivity index (χ3v) is 8.34. The fourth-order valence-corrected chi connectivity index (χ4v) is 6.26. The minimum atomic E-state index is -0.969. The summed E-state index contributed by atoms with van der Waals surface area (Å²) in [6, 6.07) is 12.7. The van der Waals surface area contributed by atoms with Gasteiger partial charge in [-0.25, -0.2) is 8.78 Å². The van der Waals surface area contributed by atoms with Crippen molar-refractivity contribution in [2.24, 2.45) is 11.7 Å². The average Bonchev–Trinajstić information content (AvgIpc) is 3.24. The number of rotatable bonds is 8. The van der Waals surface area contributed by atoms with Gasteiger partial charge in [0.25, 0.3) is 17.7 Å². The monoisotopic (exact) mass is 625 g/mol. The van der Waals surface area contributed by atoms with Crippen molar-refractivity contribution in [2.45, 2.75) is 52.6 Å². The molecule has 0 saturated heterocycles. The molecule has 46 heavy (non-hydrogen) atoms. The molecule has 4 heterocycles. The minimum Gasteiger partial charge on any atom is -0.482 e. The van der Waals surface area contributed by atoms with E-state index in [-0.39, 0.29) is 41.9 Å². The van der Waals surface area contributed by atoms with Crippen molar-refractivity contribution < 1.29 is 27.9 Å². The number of carbonyl (C=O) groups excluding carboxylic acids is 3. The van der Waals surface area contributed by atoms with Gasteiger partial charge in [0.2, 0.25) is 0 Å². The van der Waals surface area contributed by atoms with Crippen LogP contribution in [0.1, 0.15) is 69.7 Å². The zero-order chi connectivity index (χ0) is 32.9. The number of halogens is 2. The summed E-state index contributed by atoms with van der Waals surface area (Å²) in [5, 5.41) is 3.08. The molecule has 2 aromatic heterocycles. The Morgan fingerprint density at radius 2 is 1.89 bits per heavy atom. The maximum Gasteiger partial charge on any atom is 0.265 e.